The standard InChI is InChI=1S/C19H20F3N7/c20-19(21,22)16-7-8-17(23-13-16)28-10-4-9-27(11-12-28)14-29-25-18(24-26-29)15-5-2-1-3-6-15/h1-3,5-8,13H,4,9-12,14H2. The van der Waals surface area contributed by atoms with Crippen molar-refractivity contribution in [1.29, 1.82) is 0 Å². The Kier molecular flexibility index (Phi) is 5.43. The number of halogens is 3. The number of alkyl halides is 3. The van der Waals surface area contributed by atoms with Crippen LogP contribution in [0.3, 0.4) is 0 Å². The molecule has 1 aromatic carbocycles. The molecule has 0 atom stereocenters. The van der Waals surface area contributed by atoms with Crippen molar-refractivity contribution in [2.24, 2.45) is 0 Å². The van der Waals surface area contributed by atoms with Gasteiger partial charge < -0.3 is 4.90 Å². The van der Waals surface area contributed by atoms with Crippen LogP contribution in [0.4, 0.5) is 19.0 Å². The first kappa shape index (κ1) is 19.3. The summed E-state index contributed by atoms with van der Waals surface area (Å²) < 4.78 is 38.1. The van der Waals surface area contributed by atoms with Crippen molar-refractivity contribution in [2.45, 2.75) is 19.3 Å². The first-order chi connectivity index (χ1) is 14.0. The number of anilines is 1. The highest BCUT2D eigenvalue weighted by atomic mass is 19.4. The maximum absolute atomic E-state index is 12.7. The summed E-state index contributed by atoms with van der Waals surface area (Å²) in [6, 6.07) is 12.2. The number of benzene rings is 1. The van der Waals surface area contributed by atoms with Crippen molar-refractivity contribution in [1.82, 2.24) is 30.1 Å². The Hall–Kier alpha value is -3.01. The highest BCUT2D eigenvalue weighted by Gasteiger charge is 2.31. The number of rotatable bonds is 4. The lowest BCUT2D eigenvalue weighted by Gasteiger charge is -2.22. The minimum atomic E-state index is -4.37. The van der Waals surface area contributed by atoms with Crippen LogP contribution < -0.4 is 4.90 Å². The van der Waals surface area contributed by atoms with Crippen molar-refractivity contribution in [2.75, 3.05) is 31.1 Å². The fourth-order valence-corrected chi connectivity index (χ4v) is 3.27. The number of tetrazole rings is 1. The zero-order chi connectivity index (χ0) is 20.3. The van der Waals surface area contributed by atoms with Crippen molar-refractivity contribution >= 4 is 5.82 Å². The first-order valence-corrected chi connectivity index (χ1v) is 9.33. The van der Waals surface area contributed by atoms with Crippen LogP contribution in [0.1, 0.15) is 12.0 Å². The molecule has 10 heteroatoms. The quantitative estimate of drug-likeness (QED) is 0.668. The molecule has 3 aromatic rings. The second-order valence-corrected chi connectivity index (χ2v) is 6.85. The van der Waals surface area contributed by atoms with Gasteiger partial charge >= 0.3 is 6.18 Å². The topological polar surface area (TPSA) is 63.0 Å². The highest BCUT2D eigenvalue weighted by Crippen LogP contribution is 2.29. The smallest absolute Gasteiger partial charge is 0.355 e. The molecule has 1 saturated heterocycles. The fourth-order valence-electron chi connectivity index (χ4n) is 3.27. The van der Waals surface area contributed by atoms with Gasteiger partial charge in [-0.2, -0.15) is 13.2 Å². The summed E-state index contributed by atoms with van der Waals surface area (Å²) in [6.45, 7) is 3.46. The average Bonchev–Trinajstić information content (AvgIpc) is 3.06. The molecule has 0 N–H and O–H groups in total. The predicted molar refractivity (Wildman–Crippen MR) is 101 cm³/mol. The van der Waals surface area contributed by atoms with Crippen LogP contribution in [0.2, 0.25) is 0 Å². The molecule has 0 radical (unpaired) electrons. The molecule has 0 saturated carbocycles. The van der Waals surface area contributed by atoms with Gasteiger partial charge in [-0.1, -0.05) is 30.3 Å². The molecule has 3 heterocycles. The van der Waals surface area contributed by atoms with Crippen LogP contribution in [0.5, 0.6) is 0 Å². The molecule has 0 amide bonds. The second kappa shape index (κ2) is 8.16. The lowest BCUT2D eigenvalue weighted by Crippen LogP contribution is -2.33. The number of aromatic nitrogens is 5. The van der Waals surface area contributed by atoms with Crippen LogP contribution >= 0.6 is 0 Å². The van der Waals surface area contributed by atoms with Crippen LogP contribution in [-0.2, 0) is 12.8 Å². The van der Waals surface area contributed by atoms with Crippen LogP contribution in [0, 0.1) is 0 Å². The number of nitrogens with zero attached hydrogens (tertiary/aromatic N) is 7. The summed E-state index contributed by atoms with van der Waals surface area (Å²) in [5.74, 6) is 1.14. The zero-order valence-corrected chi connectivity index (χ0v) is 15.6. The minimum Gasteiger partial charge on any atom is -0.355 e. The number of hydrogen-bond acceptors (Lipinski definition) is 6. The van der Waals surface area contributed by atoms with E-state index in [2.05, 4.69) is 25.3 Å². The van der Waals surface area contributed by atoms with Gasteiger partial charge in [0.15, 0.2) is 0 Å². The second-order valence-electron chi connectivity index (χ2n) is 6.85. The molecule has 4 rings (SSSR count). The Morgan fingerprint density at radius 2 is 1.76 bits per heavy atom. The Balaban J connectivity index is 1.36. The van der Waals surface area contributed by atoms with E-state index in [0.29, 0.717) is 24.9 Å². The molecular formula is C19H20F3N7. The minimum absolute atomic E-state index is 0.508. The first-order valence-electron chi connectivity index (χ1n) is 9.33. The predicted octanol–water partition coefficient (Wildman–Crippen LogP) is 2.92. The monoisotopic (exact) mass is 403 g/mol. The fraction of sp³-hybridized carbons (Fsp3) is 0.368. The zero-order valence-electron chi connectivity index (χ0n) is 15.6. The van der Waals surface area contributed by atoms with Gasteiger partial charge in [0.2, 0.25) is 5.82 Å². The van der Waals surface area contributed by atoms with E-state index in [9.17, 15) is 13.2 Å². The Morgan fingerprint density at radius 1 is 0.931 bits per heavy atom. The molecule has 0 aliphatic carbocycles. The summed E-state index contributed by atoms with van der Waals surface area (Å²) in [7, 11) is 0. The summed E-state index contributed by atoms with van der Waals surface area (Å²) in [4.78, 5) is 9.77. The van der Waals surface area contributed by atoms with Crippen LogP contribution in [0.25, 0.3) is 11.4 Å². The van der Waals surface area contributed by atoms with Crippen LogP contribution in [0.15, 0.2) is 48.7 Å². The van der Waals surface area contributed by atoms with E-state index in [-0.39, 0.29) is 0 Å². The SMILES string of the molecule is FC(F)(F)c1ccc(N2CCCN(Cn3nnc(-c4ccccc4)n3)CC2)nc1. The largest absolute Gasteiger partial charge is 0.417 e. The molecule has 1 aliphatic rings. The number of pyridine rings is 1. The third kappa shape index (κ3) is 4.70. The van der Waals surface area contributed by atoms with Crippen molar-refractivity contribution in [3.63, 3.8) is 0 Å². The van der Waals surface area contributed by atoms with Gasteiger partial charge in [0.05, 0.1) is 5.56 Å². The Morgan fingerprint density at radius 3 is 2.48 bits per heavy atom. The van der Waals surface area contributed by atoms with E-state index < -0.39 is 11.7 Å². The summed E-state index contributed by atoms with van der Waals surface area (Å²) in [5.41, 5.74) is 0.179. The van der Waals surface area contributed by atoms with Gasteiger partial charge in [-0.15, -0.1) is 15.0 Å². The van der Waals surface area contributed by atoms with E-state index >= 15 is 0 Å². The van der Waals surface area contributed by atoms with Gasteiger partial charge in [-0.05, 0) is 23.8 Å². The van der Waals surface area contributed by atoms with E-state index in [1.54, 1.807) is 4.80 Å². The lowest BCUT2D eigenvalue weighted by molar-refractivity contribution is -0.137. The molecule has 7 nitrogen and oxygen atoms in total. The normalized spacial score (nSPS) is 16.0. The summed E-state index contributed by atoms with van der Waals surface area (Å²) >= 11 is 0. The van der Waals surface area contributed by atoms with Gasteiger partial charge in [0.1, 0.15) is 12.5 Å². The third-order valence-electron chi connectivity index (χ3n) is 4.80. The van der Waals surface area contributed by atoms with Gasteiger partial charge in [-0.25, -0.2) is 4.98 Å². The lowest BCUT2D eigenvalue weighted by atomic mass is 10.2. The maximum atomic E-state index is 12.7. The van der Waals surface area contributed by atoms with Gasteiger partial charge in [0.25, 0.3) is 0 Å². The summed E-state index contributed by atoms with van der Waals surface area (Å²) in [6.07, 6.45) is -2.62. The molecule has 2 aromatic heterocycles. The third-order valence-corrected chi connectivity index (χ3v) is 4.80. The molecular weight excluding hydrogens is 383 g/mol. The molecule has 0 unspecified atom stereocenters. The van der Waals surface area contributed by atoms with E-state index in [1.165, 1.54) is 6.07 Å². The van der Waals surface area contributed by atoms with Gasteiger partial charge in [0, 0.05) is 37.9 Å². The Labute approximate surface area is 165 Å². The molecule has 29 heavy (non-hydrogen) atoms. The van der Waals surface area contributed by atoms with Gasteiger partial charge in [-0.3, -0.25) is 4.90 Å². The van der Waals surface area contributed by atoms with Crippen molar-refractivity contribution in [3.8, 4) is 11.4 Å². The number of hydrogen-bond donors (Lipinski definition) is 0. The maximum Gasteiger partial charge on any atom is 0.417 e. The van der Waals surface area contributed by atoms with E-state index in [0.717, 1.165) is 43.9 Å². The van der Waals surface area contributed by atoms with E-state index in [1.807, 2.05) is 35.2 Å². The van der Waals surface area contributed by atoms with Crippen LogP contribution in [-0.4, -0.2) is 56.3 Å². The summed E-state index contributed by atoms with van der Waals surface area (Å²) in [5, 5.41) is 12.7. The Bertz CT molecular complexity index is 925. The van der Waals surface area contributed by atoms with Crippen molar-refractivity contribution in [3.05, 3.63) is 54.2 Å². The molecule has 0 spiro atoms. The molecule has 152 valence electrons. The molecule has 1 aliphatic heterocycles. The van der Waals surface area contributed by atoms with E-state index in [4.69, 9.17) is 0 Å². The highest BCUT2D eigenvalue weighted by molar-refractivity contribution is 5.52. The average molecular weight is 403 g/mol. The van der Waals surface area contributed by atoms with Crippen molar-refractivity contribution < 1.29 is 13.2 Å². The molecule has 1 fully saturated rings. The molecule has 0 bridgehead atoms.